The first-order chi connectivity index (χ1) is 9.52. The number of hydrogen-bond acceptors (Lipinski definition) is 3. The van der Waals surface area contributed by atoms with Crippen LogP contribution in [0.2, 0.25) is 0 Å². The predicted octanol–water partition coefficient (Wildman–Crippen LogP) is 1.80. The number of carboxylic acids is 1. The molecule has 2 N–H and O–H groups in total. The molecule has 1 atom stereocenters. The number of carbonyl (C=O) groups is 2. The van der Waals surface area contributed by atoms with Gasteiger partial charge < -0.3 is 10.4 Å². The molecule has 1 aromatic carbocycles. The number of rotatable bonds is 8. The lowest BCUT2D eigenvalue weighted by Crippen LogP contribution is -2.21. The molecule has 0 fully saturated rings. The van der Waals surface area contributed by atoms with Crippen LogP contribution in [0, 0.1) is 0 Å². The van der Waals surface area contributed by atoms with Crippen molar-refractivity contribution < 1.29 is 18.9 Å². The Hall–Kier alpha value is -1.69. The lowest BCUT2D eigenvalue weighted by molar-refractivity contribution is -0.137. The molecule has 0 aliphatic carbocycles. The fraction of sp³-hybridized carbons (Fsp3) is 0.429. The first-order valence-corrected chi connectivity index (χ1v) is 7.96. The van der Waals surface area contributed by atoms with Crippen LogP contribution >= 0.6 is 0 Å². The van der Waals surface area contributed by atoms with E-state index in [-0.39, 0.29) is 23.8 Å². The molecule has 1 unspecified atom stereocenters. The Morgan fingerprint density at radius 3 is 2.65 bits per heavy atom. The Kier molecular flexibility index (Phi) is 6.93. The standard InChI is InChI=1S/C14H19NO4S/c1-2-11-6-3-4-7-12(11)15-13(16)10-20(19)9-5-8-14(17)18/h3-4,6-7H,2,5,8-10H2,1H3,(H,15,16)(H,17,18). The maximum absolute atomic E-state index is 11.8. The third-order valence-corrected chi connectivity index (χ3v) is 4.06. The first kappa shape index (κ1) is 16.4. The number of hydrogen-bond donors (Lipinski definition) is 2. The molecule has 6 heteroatoms. The highest BCUT2D eigenvalue weighted by Gasteiger charge is 2.10. The molecular weight excluding hydrogens is 278 g/mol. The Balaban J connectivity index is 2.43. The maximum Gasteiger partial charge on any atom is 0.303 e. The van der Waals surface area contributed by atoms with Gasteiger partial charge in [-0.1, -0.05) is 25.1 Å². The first-order valence-electron chi connectivity index (χ1n) is 6.47. The topological polar surface area (TPSA) is 83.5 Å². The summed E-state index contributed by atoms with van der Waals surface area (Å²) in [6.45, 7) is 2.00. The van der Waals surface area contributed by atoms with Gasteiger partial charge in [0.15, 0.2) is 0 Å². The molecule has 0 aliphatic heterocycles. The van der Waals surface area contributed by atoms with E-state index in [2.05, 4.69) is 5.32 Å². The second-order valence-corrected chi connectivity index (χ2v) is 5.92. The van der Waals surface area contributed by atoms with Crippen LogP contribution in [-0.2, 0) is 26.8 Å². The number of aryl methyl sites for hydroxylation is 1. The highest BCUT2D eigenvalue weighted by Crippen LogP contribution is 2.15. The number of aliphatic carboxylic acids is 1. The molecule has 5 nitrogen and oxygen atoms in total. The summed E-state index contributed by atoms with van der Waals surface area (Å²) < 4.78 is 11.6. The molecular formula is C14H19NO4S. The lowest BCUT2D eigenvalue weighted by atomic mass is 10.1. The molecule has 20 heavy (non-hydrogen) atoms. The number of benzene rings is 1. The fourth-order valence-electron chi connectivity index (χ4n) is 1.74. The zero-order valence-electron chi connectivity index (χ0n) is 11.4. The van der Waals surface area contributed by atoms with Crippen LogP contribution in [-0.4, -0.2) is 32.7 Å². The quantitative estimate of drug-likeness (QED) is 0.766. The van der Waals surface area contributed by atoms with Crippen molar-refractivity contribution in [2.75, 3.05) is 16.8 Å². The second-order valence-electron chi connectivity index (χ2n) is 4.34. The number of anilines is 1. The van der Waals surface area contributed by atoms with Crippen LogP contribution in [0.25, 0.3) is 0 Å². The van der Waals surface area contributed by atoms with Crippen molar-refractivity contribution in [3.8, 4) is 0 Å². The Bertz CT molecular complexity index is 502. The van der Waals surface area contributed by atoms with Crippen molar-refractivity contribution in [1.29, 1.82) is 0 Å². The number of para-hydroxylation sites is 1. The SMILES string of the molecule is CCc1ccccc1NC(=O)CS(=O)CCCC(=O)O. The van der Waals surface area contributed by atoms with Gasteiger partial charge in [-0.15, -0.1) is 0 Å². The summed E-state index contributed by atoms with van der Waals surface area (Å²) in [5.74, 6) is -1.09. The summed E-state index contributed by atoms with van der Waals surface area (Å²) in [7, 11) is -1.32. The van der Waals surface area contributed by atoms with Gasteiger partial charge in [-0.25, -0.2) is 0 Å². The third kappa shape index (κ3) is 5.97. The van der Waals surface area contributed by atoms with E-state index in [1.807, 2.05) is 31.2 Å². The number of carbonyl (C=O) groups excluding carboxylic acids is 1. The van der Waals surface area contributed by atoms with Gasteiger partial charge in [0.1, 0.15) is 5.75 Å². The van der Waals surface area contributed by atoms with Gasteiger partial charge in [0.05, 0.1) is 0 Å². The van der Waals surface area contributed by atoms with E-state index in [9.17, 15) is 13.8 Å². The van der Waals surface area contributed by atoms with Gasteiger partial charge in [0.25, 0.3) is 0 Å². The average Bonchev–Trinajstić information content (AvgIpc) is 2.38. The Labute approximate surface area is 120 Å². The van der Waals surface area contributed by atoms with Gasteiger partial charge >= 0.3 is 5.97 Å². The van der Waals surface area contributed by atoms with Crippen molar-refractivity contribution >= 4 is 28.4 Å². The largest absolute Gasteiger partial charge is 0.481 e. The third-order valence-electron chi connectivity index (χ3n) is 2.73. The zero-order valence-corrected chi connectivity index (χ0v) is 12.2. The van der Waals surface area contributed by atoms with Crippen molar-refractivity contribution in [3.63, 3.8) is 0 Å². The van der Waals surface area contributed by atoms with Gasteiger partial charge in [-0.05, 0) is 24.5 Å². The van der Waals surface area contributed by atoms with Crippen LogP contribution in [0.1, 0.15) is 25.3 Å². The van der Waals surface area contributed by atoms with E-state index in [0.29, 0.717) is 6.42 Å². The molecule has 0 radical (unpaired) electrons. The van der Waals surface area contributed by atoms with Gasteiger partial charge in [-0.2, -0.15) is 0 Å². The van der Waals surface area contributed by atoms with E-state index < -0.39 is 16.8 Å². The smallest absolute Gasteiger partial charge is 0.303 e. The van der Waals surface area contributed by atoms with Crippen LogP contribution in [0.3, 0.4) is 0 Å². The summed E-state index contributed by atoms with van der Waals surface area (Å²) in [6, 6.07) is 7.47. The van der Waals surface area contributed by atoms with E-state index >= 15 is 0 Å². The molecule has 0 aromatic heterocycles. The average molecular weight is 297 g/mol. The summed E-state index contributed by atoms with van der Waals surface area (Å²) in [5.41, 5.74) is 1.76. The molecule has 0 spiro atoms. The molecule has 0 saturated carbocycles. The maximum atomic E-state index is 11.8. The Morgan fingerprint density at radius 1 is 1.30 bits per heavy atom. The van der Waals surface area contributed by atoms with Crippen LogP contribution < -0.4 is 5.32 Å². The normalized spacial score (nSPS) is 11.8. The van der Waals surface area contributed by atoms with Crippen molar-refractivity contribution in [2.45, 2.75) is 26.2 Å². The minimum absolute atomic E-state index is 0.0218. The summed E-state index contributed by atoms with van der Waals surface area (Å²) >= 11 is 0. The van der Waals surface area contributed by atoms with Crippen LogP contribution in [0.5, 0.6) is 0 Å². The molecule has 1 aromatic rings. The molecule has 110 valence electrons. The molecule has 0 saturated heterocycles. The lowest BCUT2D eigenvalue weighted by Gasteiger charge is -2.09. The molecule has 0 heterocycles. The summed E-state index contributed by atoms with van der Waals surface area (Å²) in [5, 5.41) is 11.2. The van der Waals surface area contributed by atoms with Crippen molar-refractivity contribution in [2.24, 2.45) is 0 Å². The van der Waals surface area contributed by atoms with Gasteiger partial charge in [-0.3, -0.25) is 13.8 Å². The number of nitrogens with one attached hydrogen (secondary N) is 1. The molecule has 1 amide bonds. The minimum Gasteiger partial charge on any atom is -0.481 e. The minimum atomic E-state index is -1.32. The number of amides is 1. The summed E-state index contributed by atoms with van der Waals surface area (Å²) in [4.78, 5) is 22.1. The predicted molar refractivity (Wildman–Crippen MR) is 79.2 cm³/mol. The Morgan fingerprint density at radius 2 is 2.00 bits per heavy atom. The summed E-state index contributed by atoms with van der Waals surface area (Å²) in [6.07, 6.45) is 1.10. The van der Waals surface area contributed by atoms with Crippen LogP contribution in [0.15, 0.2) is 24.3 Å². The van der Waals surface area contributed by atoms with E-state index in [4.69, 9.17) is 5.11 Å². The van der Waals surface area contributed by atoms with Crippen LogP contribution in [0.4, 0.5) is 5.69 Å². The van der Waals surface area contributed by atoms with E-state index in [1.165, 1.54) is 0 Å². The van der Waals surface area contributed by atoms with Crippen molar-refractivity contribution in [1.82, 2.24) is 0 Å². The van der Waals surface area contributed by atoms with E-state index in [0.717, 1.165) is 17.7 Å². The molecule has 0 bridgehead atoms. The second kappa shape index (κ2) is 8.47. The monoisotopic (exact) mass is 297 g/mol. The number of carboxylic acid groups (broad SMARTS) is 1. The van der Waals surface area contributed by atoms with Gasteiger partial charge in [0.2, 0.25) is 5.91 Å². The fourth-order valence-corrected chi connectivity index (χ4v) is 2.71. The van der Waals surface area contributed by atoms with Gasteiger partial charge in [0, 0.05) is 28.7 Å². The highest BCUT2D eigenvalue weighted by molar-refractivity contribution is 7.85. The highest BCUT2D eigenvalue weighted by atomic mass is 32.2. The molecule has 1 rings (SSSR count). The van der Waals surface area contributed by atoms with E-state index in [1.54, 1.807) is 0 Å². The zero-order chi connectivity index (χ0) is 15.0. The molecule has 0 aliphatic rings. The van der Waals surface area contributed by atoms with Crippen molar-refractivity contribution in [3.05, 3.63) is 29.8 Å².